The Labute approximate surface area is 247 Å². The van der Waals surface area contributed by atoms with E-state index in [4.69, 9.17) is 28.4 Å². The molecule has 0 aliphatic carbocycles. The van der Waals surface area contributed by atoms with Gasteiger partial charge in [-0.15, -0.1) is 0 Å². The molecule has 0 aromatic heterocycles. The van der Waals surface area contributed by atoms with Gasteiger partial charge in [-0.05, 0) is 36.4 Å². The molecule has 1 unspecified atom stereocenters. The van der Waals surface area contributed by atoms with Crippen molar-refractivity contribution in [3.8, 4) is 0 Å². The van der Waals surface area contributed by atoms with Crippen molar-refractivity contribution in [3.05, 3.63) is 144 Å². The largest absolute Gasteiger partial charge is 0.459 e. The minimum Gasteiger partial charge on any atom is -0.459 e. The fraction of sp³-hybridized carbons (Fsp3) is 0.206. The number of rotatable bonds is 8. The second-order valence-corrected chi connectivity index (χ2v) is 9.96. The van der Waals surface area contributed by atoms with Crippen molar-refractivity contribution in [2.75, 3.05) is 6.61 Å². The summed E-state index contributed by atoms with van der Waals surface area (Å²) in [5, 5.41) is 0. The molecular formula is C34H28O9. The van der Waals surface area contributed by atoms with Gasteiger partial charge in [0.2, 0.25) is 0 Å². The van der Waals surface area contributed by atoms with Crippen LogP contribution in [-0.2, 0) is 28.4 Å². The molecule has 4 aromatic rings. The maximum Gasteiger partial charge on any atom is 0.338 e. The molecule has 6 atom stereocenters. The monoisotopic (exact) mass is 580 g/mol. The first-order valence-corrected chi connectivity index (χ1v) is 13.8. The molecule has 2 aliphatic heterocycles. The zero-order valence-corrected chi connectivity index (χ0v) is 22.9. The van der Waals surface area contributed by atoms with Crippen molar-refractivity contribution >= 4 is 17.9 Å². The Bertz CT molecular complexity index is 1530. The van der Waals surface area contributed by atoms with E-state index in [0.29, 0.717) is 11.1 Å². The lowest BCUT2D eigenvalue weighted by atomic mass is 9.98. The van der Waals surface area contributed by atoms with Gasteiger partial charge in [-0.3, -0.25) is 0 Å². The molecule has 0 amide bonds. The van der Waals surface area contributed by atoms with Crippen LogP contribution in [-0.4, -0.2) is 55.2 Å². The van der Waals surface area contributed by atoms with Gasteiger partial charge < -0.3 is 28.4 Å². The predicted molar refractivity (Wildman–Crippen MR) is 152 cm³/mol. The quantitative estimate of drug-likeness (QED) is 0.207. The second kappa shape index (κ2) is 13.0. The van der Waals surface area contributed by atoms with Crippen molar-refractivity contribution in [3.63, 3.8) is 0 Å². The maximum absolute atomic E-state index is 13.3. The number of fused-ring (bicyclic) bond motifs is 1. The first-order chi connectivity index (χ1) is 21.1. The molecule has 2 heterocycles. The Balaban J connectivity index is 1.32. The fourth-order valence-corrected chi connectivity index (χ4v) is 4.95. The highest BCUT2D eigenvalue weighted by Crippen LogP contribution is 2.40. The number of hydrogen-bond acceptors (Lipinski definition) is 9. The SMILES string of the molecule is O=C(OC[C@H]1O[C@H]2OC(c3ccccc3)O[C@H]2[C@@H](OC(=O)c2ccccc2)[C@@H]1OC(=O)c1ccccc1)c1ccccc1. The van der Waals surface area contributed by atoms with Gasteiger partial charge in [0.1, 0.15) is 12.7 Å². The first kappa shape index (κ1) is 28.3. The van der Waals surface area contributed by atoms with Crippen LogP contribution in [0.5, 0.6) is 0 Å². The van der Waals surface area contributed by atoms with Crippen LogP contribution in [0.1, 0.15) is 42.9 Å². The summed E-state index contributed by atoms with van der Waals surface area (Å²) in [5.41, 5.74) is 1.64. The first-order valence-electron chi connectivity index (χ1n) is 13.8. The highest BCUT2D eigenvalue weighted by atomic mass is 16.8. The summed E-state index contributed by atoms with van der Waals surface area (Å²) < 4.78 is 36.1. The predicted octanol–water partition coefficient (Wildman–Crippen LogP) is 5.13. The molecule has 2 aliphatic rings. The van der Waals surface area contributed by atoms with E-state index in [2.05, 4.69) is 0 Å². The molecule has 2 saturated heterocycles. The molecule has 0 radical (unpaired) electrons. The van der Waals surface area contributed by atoms with E-state index in [1.165, 1.54) is 0 Å². The topological polar surface area (TPSA) is 107 Å². The Morgan fingerprint density at radius 1 is 0.535 bits per heavy atom. The van der Waals surface area contributed by atoms with Gasteiger partial charge in [0, 0.05) is 5.56 Å². The molecule has 43 heavy (non-hydrogen) atoms. The third kappa shape index (κ3) is 6.49. The standard InChI is InChI=1S/C34H28O9/c35-30(22-13-5-1-6-14-22)38-21-26-27(40-31(36)23-15-7-2-8-16-23)28(41-32(37)24-17-9-3-10-18-24)29-34(39-26)43-33(42-29)25-19-11-4-12-20-25/h1-20,26-29,33-34H,21H2/t26-,27-,28+,29+,33?,34+/m1/s1. The van der Waals surface area contributed by atoms with Crippen LogP contribution >= 0.6 is 0 Å². The number of hydrogen-bond donors (Lipinski definition) is 0. The summed E-state index contributed by atoms with van der Waals surface area (Å²) in [5.74, 6) is -1.92. The molecule has 0 N–H and O–H groups in total. The summed E-state index contributed by atoms with van der Waals surface area (Å²) in [6.45, 7) is -0.317. The molecule has 4 aromatic carbocycles. The summed E-state index contributed by atoms with van der Waals surface area (Å²) >= 11 is 0. The molecular weight excluding hydrogens is 552 g/mol. The van der Waals surface area contributed by atoms with E-state index in [9.17, 15) is 14.4 Å². The van der Waals surface area contributed by atoms with E-state index >= 15 is 0 Å². The number of carbonyl (C=O) groups excluding carboxylic acids is 3. The zero-order valence-electron chi connectivity index (χ0n) is 22.9. The number of ether oxygens (including phenoxy) is 6. The van der Waals surface area contributed by atoms with Crippen molar-refractivity contribution in [2.45, 2.75) is 37.0 Å². The molecule has 6 rings (SSSR count). The third-order valence-corrected chi connectivity index (χ3v) is 7.09. The summed E-state index contributed by atoms with van der Waals surface area (Å²) in [4.78, 5) is 39.4. The normalized spacial score (nSPS) is 24.4. The lowest BCUT2D eigenvalue weighted by Crippen LogP contribution is -2.60. The van der Waals surface area contributed by atoms with E-state index in [0.717, 1.165) is 5.56 Å². The highest BCUT2D eigenvalue weighted by Gasteiger charge is 2.56. The Hall–Kier alpha value is -4.83. The molecule has 0 saturated carbocycles. The van der Waals surface area contributed by atoms with Crippen molar-refractivity contribution in [2.24, 2.45) is 0 Å². The lowest BCUT2D eigenvalue weighted by molar-refractivity contribution is -0.252. The van der Waals surface area contributed by atoms with Crippen molar-refractivity contribution in [1.82, 2.24) is 0 Å². The number of benzene rings is 4. The summed E-state index contributed by atoms with van der Waals surface area (Å²) in [7, 11) is 0. The molecule has 218 valence electrons. The van der Waals surface area contributed by atoms with Crippen LogP contribution in [0.25, 0.3) is 0 Å². The van der Waals surface area contributed by atoms with Gasteiger partial charge in [-0.2, -0.15) is 0 Å². The number of carbonyl (C=O) groups is 3. The van der Waals surface area contributed by atoms with Gasteiger partial charge in [0.05, 0.1) is 16.7 Å². The smallest absolute Gasteiger partial charge is 0.338 e. The average molecular weight is 581 g/mol. The van der Waals surface area contributed by atoms with Crippen LogP contribution in [0.15, 0.2) is 121 Å². The third-order valence-electron chi connectivity index (χ3n) is 7.09. The van der Waals surface area contributed by atoms with E-state index in [-0.39, 0.29) is 12.2 Å². The Kier molecular flexibility index (Phi) is 8.55. The van der Waals surface area contributed by atoms with E-state index in [1.54, 1.807) is 91.0 Å². The van der Waals surface area contributed by atoms with Crippen LogP contribution in [0.3, 0.4) is 0 Å². The summed E-state index contributed by atoms with van der Waals surface area (Å²) in [6, 6.07) is 34.5. The van der Waals surface area contributed by atoms with Crippen molar-refractivity contribution < 1.29 is 42.8 Å². The highest BCUT2D eigenvalue weighted by molar-refractivity contribution is 5.91. The molecule has 0 spiro atoms. The minimum atomic E-state index is -1.22. The maximum atomic E-state index is 13.3. The van der Waals surface area contributed by atoms with Crippen LogP contribution in [0.2, 0.25) is 0 Å². The average Bonchev–Trinajstić information content (AvgIpc) is 3.50. The van der Waals surface area contributed by atoms with Crippen LogP contribution < -0.4 is 0 Å². The number of esters is 3. The summed E-state index contributed by atoms with van der Waals surface area (Å²) in [6.07, 6.45) is -6.28. The van der Waals surface area contributed by atoms with E-state index in [1.807, 2.05) is 30.3 Å². The van der Waals surface area contributed by atoms with Crippen LogP contribution in [0.4, 0.5) is 0 Å². The van der Waals surface area contributed by atoms with Gasteiger partial charge in [0.15, 0.2) is 30.9 Å². The van der Waals surface area contributed by atoms with Gasteiger partial charge in [-0.25, -0.2) is 14.4 Å². The van der Waals surface area contributed by atoms with Gasteiger partial charge >= 0.3 is 17.9 Å². The molecule has 2 fully saturated rings. The van der Waals surface area contributed by atoms with Gasteiger partial charge in [-0.1, -0.05) is 84.9 Å². The molecule has 0 bridgehead atoms. The van der Waals surface area contributed by atoms with Crippen molar-refractivity contribution in [1.29, 1.82) is 0 Å². The Morgan fingerprint density at radius 2 is 1.00 bits per heavy atom. The second-order valence-electron chi connectivity index (χ2n) is 9.96. The lowest BCUT2D eigenvalue weighted by Gasteiger charge is -2.41. The van der Waals surface area contributed by atoms with Crippen LogP contribution in [0, 0.1) is 0 Å². The Morgan fingerprint density at radius 3 is 1.53 bits per heavy atom. The van der Waals surface area contributed by atoms with E-state index < -0.39 is 54.9 Å². The zero-order chi connectivity index (χ0) is 29.6. The minimum absolute atomic E-state index is 0.281. The molecule has 9 heteroatoms. The van der Waals surface area contributed by atoms with Gasteiger partial charge in [0.25, 0.3) is 0 Å². The molecule has 9 nitrogen and oxygen atoms in total. The fourth-order valence-electron chi connectivity index (χ4n) is 4.95.